The van der Waals surface area contributed by atoms with Gasteiger partial charge in [-0.25, -0.2) is 8.78 Å². The molecule has 0 atom stereocenters. The summed E-state index contributed by atoms with van der Waals surface area (Å²) >= 11 is 4.13. The zero-order valence-corrected chi connectivity index (χ0v) is 15.4. The van der Waals surface area contributed by atoms with Gasteiger partial charge in [0.1, 0.15) is 11.6 Å². The van der Waals surface area contributed by atoms with Gasteiger partial charge in [0.25, 0.3) is 0 Å². The van der Waals surface area contributed by atoms with Crippen molar-refractivity contribution in [2.75, 3.05) is 18.4 Å². The van der Waals surface area contributed by atoms with Crippen molar-refractivity contribution in [3.8, 4) is 0 Å². The molecule has 26 heavy (non-hydrogen) atoms. The van der Waals surface area contributed by atoms with Crippen LogP contribution in [-0.2, 0) is 6.54 Å². The zero-order chi connectivity index (χ0) is 18.7. The van der Waals surface area contributed by atoms with Gasteiger partial charge < -0.3 is 10.2 Å². The average Bonchev–Trinajstić information content (AvgIpc) is 2.62. The lowest BCUT2D eigenvalue weighted by Gasteiger charge is -2.30. The maximum Gasteiger partial charge on any atom is 0.153 e. The summed E-state index contributed by atoms with van der Waals surface area (Å²) in [7, 11) is 0. The number of anilines is 1. The largest absolute Gasteiger partial charge is 0.381 e. The maximum atomic E-state index is 13.7. The van der Waals surface area contributed by atoms with Crippen molar-refractivity contribution in [2.45, 2.75) is 19.9 Å². The summed E-state index contributed by atoms with van der Waals surface area (Å²) in [5.74, 6) is -1.10. The Morgan fingerprint density at radius 1 is 1.15 bits per heavy atom. The molecule has 6 heteroatoms. The van der Waals surface area contributed by atoms with E-state index in [2.05, 4.69) is 24.9 Å². The summed E-state index contributed by atoms with van der Waals surface area (Å²) in [5.41, 5.74) is 4.42. The Morgan fingerprint density at radius 2 is 1.81 bits per heavy atom. The molecule has 0 aromatic heterocycles. The van der Waals surface area contributed by atoms with E-state index < -0.39 is 11.6 Å². The van der Waals surface area contributed by atoms with Gasteiger partial charge in [-0.3, -0.25) is 5.41 Å². The second-order valence-electron chi connectivity index (χ2n) is 6.39. The van der Waals surface area contributed by atoms with E-state index in [9.17, 15) is 8.78 Å². The normalized spacial score (nSPS) is 14.5. The van der Waals surface area contributed by atoms with E-state index >= 15 is 0 Å². The Hall–Kier alpha value is -2.34. The molecule has 136 valence electrons. The highest BCUT2D eigenvalue weighted by Crippen LogP contribution is 2.28. The maximum absolute atomic E-state index is 13.7. The van der Waals surface area contributed by atoms with Gasteiger partial charge in [0.05, 0.1) is 0 Å². The van der Waals surface area contributed by atoms with Gasteiger partial charge in [-0.2, -0.15) is 0 Å². The Balaban J connectivity index is 1.71. The molecule has 0 bridgehead atoms. The molecule has 0 spiro atoms. The molecule has 0 aliphatic carbocycles. The van der Waals surface area contributed by atoms with E-state index in [-0.39, 0.29) is 17.3 Å². The Morgan fingerprint density at radius 3 is 2.42 bits per heavy atom. The topological polar surface area (TPSA) is 39.1 Å². The highest BCUT2D eigenvalue weighted by Gasteiger charge is 2.18. The first kappa shape index (κ1) is 18.5. The number of nitrogens with zero attached hydrogens (tertiary/aromatic N) is 1. The first-order valence-electron chi connectivity index (χ1n) is 8.44. The lowest BCUT2D eigenvalue weighted by Crippen LogP contribution is -2.33. The minimum absolute atomic E-state index is 0.0327. The third-order valence-corrected chi connectivity index (χ3v) is 4.97. The van der Waals surface area contributed by atoms with Crippen LogP contribution in [0.5, 0.6) is 0 Å². The lowest BCUT2D eigenvalue weighted by molar-refractivity contribution is 0.460. The number of thiol groups is 1. The van der Waals surface area contributed by atoms with Crippen LogP contribution in [0.25, 0.3) is 5.57 Å². The van der Waals surface area contributed by atoms with E-state index in [4.69, 9.17) is 5.41 Å². The van der Waals surface area contributed by atoms with Crippen LogP contribution >= 0.6 is 12.6 Å². The molecule has 0 saturated heterocycles. The Kier molecular flexibility index (Phi) is 5.61. The molecule has 0 saturated carbocycles. The standard InChI is InChI=1S/C20H21F2N3S/c1-13-9-10-25(20(23)26)12-17(13)14-5-7-15(8-6-14)24-11-16-18(21)3-2-4-19(16)22/h2-8,24H,9-12H2,1H3,(H2,23,26). The van der Waals surface area contributed by atoms with Crippen molar-refractivity contribution in [3.63, 3.8) is 0 Å². The van der Waals surface area contributed by atoms with Gasteiger partial charge in [0, 0.05) is 30.9 Å². The number of hydrogen-bond donors (Lipinski definition) is 3. The molecule has 3 rings (SSSR count). The molecule has 1 aliphatic heterocycles. The zero-order valence-electron chi connectivity index (χ0n) is 14.5. The third kappa shape index (κ3) is 4.07. The molecular formula is C20H21F2N3S. The Labute approximate surface area is 157 Å². The van der Waals surface area contributed by atoms with Crippen LogP contribution in [0.1, 0.15) is 24.5 Å². The molecule has 1 heterocycles. The van der Waals surface area contributed by atoms with Gasteiger partial charge in [0.2, 0.25) is 0 Å². The first-order chi connectivity index (χ1) is 12.5. The van der Waals surface area contributed by atoms with Gasteiger partial charge >= 0.3 is 0 Å². The van der Waals surface area contributed by atoms with Crippen LogP contribution in [-0.4, -0.2) is 23.2 Å². The molecule has 2 N–H and O–H groups in total. The predicted molar refractivity (Wildman–Crippen MR) is 106 cm³/mol. The van der Waals surface area contributed by atoms with E-state index in [1.807, 2.05) is 29.2 Å². The summed E-state index contributed by atoms with van der Waals surface area (Å²) < 4.78 is 27.4. The van der Waals surface area contributed by atoms with E-state index in [0.29, 0.717) is 6.54 Å². The monoisotopic (exact) mass is 373 g/mol. The molecule has 0 radical (unpaired) electrons. The second-order valence-corrected chi connectivity index (χ2v) is 6.81. The van der Waals surface area contributed by atoms with Crippen molar-refractivity contribution >= 4 is 29.1 Å². The minimum Gasteiger partial charge on any atom is -0.381 e. The number of nitrogens with one attached hydrogen (secondary N) is 2. The van der Waals surface area contributed by atoms with E-state index in [1.165, 1.54) is 29.3 Å². The summed E-state index contributed by atoms with van der Waals surface area (Å²) in [5, 5.41) is 11.0. The molecular weight excluding hydrogens is 352 g/mol. The van der Waals surface area contributed by atoms with Crippen molar-refractivity contribution in [3.05, 3.63) is 70.8 Å². The van der Waals surface area contributed by atoms with E-state index in [0.717, 1.165) is 24.2 Å². The molecule has 0 unspecified atom stereocenters. The third-order valence-electron chi connectivity index (χ3n) is 4.68. The Bertz CT molecular complexity index is 826. The molecule has 0 fully saturated rings. The van der Waals surface area contributed by atoms with Gasteiger partial charge in [-0.05, 0) is 48.7 Å². The van der Waals surface area contributed by atoms with Crippen LogP contribution in [0.2, 0.25) is 0 Å². The first-order valence-corrected chi connectivity index (χ1v) is 8.88. The molecule has 0 amide bonds. The van der Waals surface area contributed by atoms with Crippen molar-refractivity contribution in [1.29, 1.82) is 5.41 Å². The predicted octanol–water partition coefficient (Wildman–Crippen LogP) is 4.92. The van der Waals surface area contributed by atoms with Crippen LogP contribution < -0.4 is 5.32 Å². The van der Waals surface area contributed by atoms with Crippen molar-refractivity contribution in [1.82, 2.24) is 4.90 Å². The summed E-state index contributed by atoms with van der Waals surface area (Å²) in [6.07, 6.45) is 0.908. The summed E-state index contributed by atoms with van der Waals surface area (Å²) in [6, 6.07) is 11.7. The lowest BCUT2D eigenvalue weighted by atomic mass is 9.95. The molecule has 3 nitrogen and oxygen atoms in total. The molecule has 2 aromatic rings. The molecule has 1 aliphatic rings. The highest BCUT2D eigenvalue weighted by molar-refractivity contribution is 7.96. The van der Waals surface area contributed by atoms with Crippen LogP contribution in [0.3, 0.4) is 0 Å². The summed E-state index contributed by atoms with van der Waals surface area (Å²) in [4.78, 5) is 1.93. The fraction of sp³-hybridized carbons (Fsp3) is 0.250. The van der Waals surface area contributed by atoms with Gasteiger partial charge in [0.15, 0.2) is 5.17 Å². The number of rotatable bonds is 4. The van der Waals surface area contributed by atoms with Crippen LogP contribution in [0.4, 0.5) is 14.5 Å². The SMILES string of the molecule is CC1=C(c2ccc(NCc3c(F)cccc3F)cc2)CN(C(=N)S)CC1. The van der Waals surface area contributed by atoms with Crippen LogP contribution in [0, 0.1) is 17.0 Å². The molecule has 2 aromatic carbocycles. The van der Waals surface area contributed by atoms with Gasteiger partial charge in [-0.15, -0.1) is 12.6 Å². The van der Waals surface area contributed by atoms with Crippen molar-refractivity contribution in [2.24, 2.45) is 0 Å². The number of amidine groups is 1. The number of hydrogen-bond acceptors (Lipinski definition) is 2. The number of benzene rings is 2. The fourth-order valence-corrected chi connectivity index (χ4v) is 3.23. The quantitative estimate of drug-likeness (QED) is 0.404. The number of halogens is 2. The fourth-order valence-electron chi connectivity index (χ4n) is 3.06. The smallest absolute Gasteiger partial charge is 0.153 e. The minimum atomic E-state index is -0.550. The average molecular weight is 373 g/mol. The summed E-state index contributed by atoms with van der Waals surface area (Å²) in [6.45, 7) is 3.68. The highest BCUT2D eigenvalue weighted by atomic mass is 32.1. The van der Waals surface area contributed by atoms with Crippen LogP contribution in [0.15, 0.2) is 48.0 Å². The van der Waals surface area contributed by atoms with Gasteiger partial charge in [-0.1, -0.05) is 23.8 Å². The van der Waals surface area contributed by atoms with Crippen molar-refractivity contribution < 1.29 is 8.78 Å². The second kappa shape index (κ2) is 7.91. The van der Waals surface area contributed by atoms with E-state index in [1.54, 1.807) is 0 Å².